The van der Waals surface area contributed by atoms with Gasteiger partial charge in [0.05, 0.1) is 12.0 Å². The molecule has 0 aliphatic rings. The number of allylic oxidation sites excluding steroid dienone is 5. The molecule has 0 aliphatic carbocycles. The van der Waals surface area contributed by atoms with Gasteiger partial charge in [0, 0.05) is 5.57 Å². The smallest absolute Gasteiger partial charge is 0.161 e. The van der Waals surface area contributed by atoms with Crippen LogP contribution in [0.3, 0.4) is 0 Å². The molecule has 4 aromatic carbocycles. The van der Waals surface area contributed by atoms with Crippen LogP contribution in [0, 0.1) is 0 Å². The fourth-order valence-corrected chi connectivity index (χ4v) is 5.10. The van der Waals surface area contributed by atoms with Gasteiger partial charge >= 0.3 is 0 Å². The highest BCUT2D eigenvalue weighted by Crippen LogP contribution is 2.45. The second-order valence-corrected chi connectivity index (χ2v) is 10.8. The molecule has 0 N–H and O–H groups in total. The van der Waals surface area contributed by atoms with Crippen LogP contribution in [0.1, 0.15) is 66.5 Å². The quantitative estimate of drug-likeness (QED) is 0.0583. The van der Waals surface area contributed by atoms with E-state index in [4.69, 9.17) is 4.74 Å². The first-order valence-electron chi connectivity index (χ1n) is 16.4. The van der Waals surface area contributed by atoms with Crippen LogP contribution in [0.4, 0.5) is 0 Å². The Bertz CT molecular complexity index is 1640. The van der Waals surface area contributed by atoms with Crippen molar-refractivity contribution in [2.24, 2.45) is 0 Å². The van der Waals surface area contributed by atoms with Crippen molar-refractivity contribution in [2.45, 2.75) is 38.5 Å². The van der Waals surface area contributed by atoms with E-state index in [9.17, 15) is 0 Å². The molecule has 0 aromatic heterocycles. The summed E-state index contributed by atoms with van der Waals surface area (Å²) in [7, 11) is 0. The van der Waals surface area contributed by atoms with Gasteiger partial charge in [0.1, 0.15) is 0 Å². The molecule has 0 saturated carbocycles. The Labute approximate surface area is 290 Å². The van der Waals surface area contributed by atoms with Crippen LogP contribution < -0.4 is 0 Å². The number of hydrogen-bond donors (Lipinski definition) is 0. The second kappa shape index (κ2) is 22.0. The SMILES string of the molecule is C=C=C(C=C)C=C.C=C=C(C=C)OCCC.C=Cc1ccc(C(c2ccccc2)(c2ccccc2)c2ccc(/C=C\CCC)cc2)cc1. The fraction of sp³-hybridized carbons (Fsp3) is 0.149. The summed E-state index contributed by atoms with van der Waals surface area (Å²) in [5.41, 5.74) is 13.1. The van der Waals surface area contributed by atoms with Gasteiger partial charge in [-0.2, -0.15) is 0 Å². The van der Waals surface area contributed by atoms with Gasteiger partial charge < -0.3 is 4.74 Å². The molecule has 1 nitrogen and oxygen atoms in total. The maximum Gasteiger partial charge on any atom is 0.161 e. The molecule has 1 heteroatoms. The van der Waals surface area contributed by atoms with E-state index in [1.54, 1.807) is 18.2 Å². The molecular formula is C47H50O. The molecule has 0 amide bonds. The largest absolute Gasteiger partial charge is 0.486 e. The van der Waals surface area contributed by atoms with Crippen molar-refractivity contribution in [2.75, 3.05) is 6.61 Å². The van der Waals surface area contributed by atoms with Crippen molar-refractivity contribution in [3.05, 3.63) is 229 Å². The van der Waals surface area contributed by atoms with Crippen molar-refractivity contribution < 1.29 is 4.74 Å². The molecular weight excluding hydrogens is 581 g/mol. The molecule has 0 spiro atoms. The monoisotopic (exact) mass is 630 g/mol. The third kappa shape index (κ3) is 11.0. The van der Waals surface area contributed by atoms with Crippen LogP contribution in [0.2, 0.25) is 0 Å². The summed E-state index contributed by atoms with van der Waals surface area (Å²) < 4.78 is 5.11. The molecule has 0 heterocycles. The predicted octanol–water partition coefficient (Wildman–Crippen LogP) is 12.9. The number of ether oxygens (including phenoxy) is 1. The number of benzene rings is 4. The van der Waals surface area contributed by atoms with E-state index >= 15 is 0 Å². The van der Waals surface area contributed by atoms with Gasteiger partial charge in [0.25, 0.3) is 0 Å². The highest BCUT2D eigenvalue weighted by Gasteiger charge is 2.38. The molecule has 4 rings (SSSR count). The minimum atomic E-state index is -0.409. The van der Waals surface area contributed by atoms with Gasteiger partial charge in [-0.1, -0.05) is 205 Å². The lowest BCUT2D eigenvalue weighted by Crippen LogP contribution is -2.31. The van der Waals surface area contributed by atoms with Crippen LogP contribution in [0.5, 0.6) is 0 Å². The van der Waals surface area contributed by atoms with Crippen molar-refractivity contribution in [3.8, 4) is 0 Å². The summed E-state index contributed by atoms with van der Waals surface area (Å²) in [5.74, 6) is 0.636. The van der Waals surface area contributed by atoms with Crippen LogP contribution in [0.25, 0.3) is 12.2 Å². The third-order valence-electron chi connectivity index (χ3n) is 7.57. The van der Waals surface area contributed by atoms with Crippen molar-refractivity contribution in [3.63, 3.8) is 0 Å². The van der Waals surface area contributed by atoms with Crippen molar-refractivity contribution in [1.82, 2.24) is 0 Å². The van der Waals surface area contributed by atoms with Crippen molar-refractivity contribution in [1.29, 1.82) is 0 Å². The number of unbranched alkanes of at least 4 members (excludes halogenated alkanes) is 1. The Kier molecular flexibility index (Phi) is 17.7. The summed E-state index contributed by atoms with van der Waals surface area (Å²) in [6, 6.07) is 39.5. The van der Waals surface area contributed by atoms with E-state index in [-0.39, 0.29) is 0 Å². The van der Waals surface area contributed by atoms with Gasteiger partial charge in [-0.3, -0.25) is 0 Å². The van der Waals surface area contributed by atoms with E-state index in [2.05, 4.69) is 179 Å². The maximum absolute atomic E-state index is 5.11. The number of rotatable bonds is 14. The minimum absolute atomic E-state index is 0.409. The highest BCUT2D eigenvalue weighted by atomic mass is 16.5. The number of hydrogen-bond acceptors (Lipinski definition) is 1. The van der Waals surface area contributed by atoms with Crippen LogP contribution in [0.15, 0.2) is 196 Å². The molecule has 4 aromatic rings. The average molecular weight is 631 g/mol. The molecule has 244 valence electrons. The summed E-state index contributed by atoms with van der Waals surface area (Å²) in [5, 5.41) is 0. The Morgan fingerprint density at radius 1 is 0.604 bits per heavy atom. The molecule has 0 bridgehead atoms. The molecule has 0 unspecified atom stereocenters. The lowest BCUT2D eigenvalue weighted by Gasteiger charge is -2.37. The summed E-state index contributed by atoms with van der Waals surface area (Å²) in [4.78, 5) is 0. The molecule has 0 atom stereocenters. The Morgan fingerprint density at radius 2 is 1.08 bits per heavy atom. The van der Waals surface area contributed by atoms with Gasteiger partial charge in [0.2, 0.25) is 0 Å². The zero-order valence-electron chi connectivity index (χ0n) is 28.8. The summed E-state index contributed by atoms with van der Waals surface area (Å²) in [6.45, 7) is 26.2. The highest BCUT2D eigenvalue weighted by molar-refractivity contribution is 5.62. The maximum atomic E-state index is 5.11. The Morgan fingerprint density at radius 3 is 1.44 bits per heavy atom. The second-order valence-electron chi connectivity index (χ2n) is 10.8. The van der Waals surface area contributed by atoms with Crippen LogP contribution >= 0.6 is 0 Å². The Balaban J connectivity index is 0.000000415. The summed E-state index contributed by atoms with van der Waals surface area (Å²) >= 11 is 0. The predicted molar refractivity (Wildman–Crippen MR) is 211 cm³/mol. The lowest BCUT2D eigenvalue weighted by atomic mass is 9.65. The minimum Gasteiger partial charge on any atom is -0.486 e. The topological polar surface area (TPSA) is 9.23 Å². The molecule has 48 heavy (non-hydrogen) atoms. The summed E-state index contributed by atoms with van der Waals surface area (Å²) in [6.07, 6.45) is 14.6. The standard InChI is InChI=1S/C32H30.C8H12O.C7H8/c1-3-5-8-13-27-20-24-31(25-21-27)32(28-14-9-6-10-15-28,29-16-11-7-12-17-29)30-22-18-26(4-2)19-23-30;1-4-7-9-8(5-2)6-3;1-4-7(5-2)6-3/h4,6-25H,2-3,5H2,1H3;5H,2-4,7H2,1H3;4-5H,1-3H2/b13-8-;;. The van der Waals surface area contributed by atoms with Gasteiger partial charge in [-0.15, -0.1) is 5.73 Å². The molecule has 0 saturated heterocycles. The van der Waals surface area contributed by atoms with E-state index < -0.39 is 5.41 Å². The zero-order chi connectivity index (χ0) is 35.0. The first-order valence-corrected chi connectivity index (χ1v) is 16.4. The van der Waals surface area contributed by atoms with Gasteiger partial charge in [0.15, 0.2) is 5.76 Å². The van der Waals surface area contributed by atoms with Crippen LogP contribution in [-0.4, -0.2) is 6.61 Å². The average Bonchev–Trinajstić information content (AvgIpc) is 3.15. The first-order chi connectivity index (χ1) is 23.5. The third-order valence-corrected chi connectivity index (χ3v) is 7.57. The van der Waals surface area contributed by atoms with E-state index in [0.29, 0.717) is 12.4 Å². The Hall–Kier alpha value is -5.58. The fourth-order valence-electron chi connectivity index (χ4n) is 5.10. The van der Waals surface area contributed by atoms with Gasteiger partial charge in [-0.25, -0.2) is 0 Å². The molecule has 0 fully saturated rings. The zero-order valence-corrected chi connectivity index (χ0v) is 28.8. The van der Waals surface area contributed by atoms with Gasteiger partial charge in [-0.05, 0) is 52.3 Å². The molecule has 0 radical (unpaired) electrons. The molecule has 0 aliphatic heterocycles. The van der Waals surface area contributed by atoms with E-state index in [1.807, 2.05) is 13.0 Å². The normalized spacial score (nSPS) is 10.0. The lowest BCUT2D eigenvalue weighted by molar-refractivity contribution is 0.226. The van der Waals surface area contributed by atoms with E-state index in [0.717, 1.165) is 24.0 Å². The van der Waals surface area contributed by atoms with E-state index in [1.165, 1.54) is 34.2 Å². The van der Waals surface area contributed by atoms with Crippen LogP contribution in [-0.2, 0) is 10.2 Å². The first kappa shape index (κ1) is 38.6. The van der Waals surface area contributed by atoms with Crippen molar-refractivity contribution >= 4 is 12.2 Å².